The Morgan fingerprint density at radius 1 is 1.16 bits per heavy atom. The van der Waals surface area contributed by atoms with Crippen molar-refractivity contribution in [3.05, 3.63) is 64.5 Å². The van der Waals surface area contributed by atoms with E-state index in [1.807, 2.05) is 18.2 Å². The number of aryl methyl sites for hydroxylation is 1. The summed E-state index contributed by atoms with van der Waals surface area (Å²) in [5.41, 5.74) is 8.13. The fraction of sp³-hybridized carbons (Fsp3) is 0.294. The van der Waals surface area contributed by atoms with E-state index in [1.165, 1.54) is 11.2 Å². The van der Waals surface area contributed by atoms with E-state index in [2.05, 4.69) is 15.2 Å². The van der Waals surface area contributed by atoms with E-state index < -0.39 is 0 Å². The minimum atomic E-state index is 0.109. The van der Waals surface area contributed by atoms with Crippen molar-refractivity contribution < 1.29 is 4.79 Å². The fourth-order valence-corrected chi connectivity index (χ4v) is 2.42. The van der Waals surface area contributed by atoms with Gasteiger partial charge in [-0.05, 0) is 43.5 Å². The summed E-state index contributed by atoms with van der Waals surface area (Å²) in [6.07, 6.45) is 6.84. The fourth-order valence-electron chi connectivity index (χ4n) is 2.23. The maximum Gasteiger partial charge on any atom is 0.167 e. The summed E-state index contributed by atoms with van der Waals surface area (Å²) in [4.78, 5) is 14.7. The summed E-state index contributed by atoms with van der Waals surface area (Å²) in [6, 6.07) is 7.48. The highest BCUT2D eigenvalue weighted by Gasteiger charge is 2.03. The first-order valence-electron chi connectivity index (χ1n) is 7.92. The Bertz CT molecular complexity index is 719. The molecule has 2 aromatic heterocycles. The van der Waals surface area contributed by atoms with Gasteiger partial charge in [0.15, 0.2) is 6.29 Å². The Hall–Kier alpha value is -2.51. The number of carbonyl (C=O) groups is 1. The minimum Gasteiger partial charge on any atom is -0.395 e. The molecule has 0 spiro atoms. The molecule has 0 bridgehead atoms. The Labute approximate surface area is 151 Å². The molecule has 0 aliphatic heterocycles. The van der Waals surface area contributed by atoms with Crippen LogP contribution in [0, 0.1) is 0 Å². The second-order valence-electron chi connectivity index (χ2n) is 5.60. The van der Waals surface area contributed by atoms with Gasteiger partial charge in [0.1, 0.15) is 0 Å². The summed E-state index contributed by atoms with van der Waals surface area (Å²) in [5, 5.41) is 10.6. The molecule has 0 aromatic carbocycles. The van der Waals surface area contributed by atoms with Crippen LogP contribution in [0.1, 0.15) is 29.9 Å². The Morgan fingerprint density at radius 3 is 2.60 bits per heavy atom. The lowest BCUT2D eigenvalue weighted by Gasteiger charge is -2.13. The van der Waals surface area contributed by atoms with Crippen LogP contribution in [0.15, 0.2) is 42.4 Å². The van der Waals surface area contributed by atoms with Crippen molar-refractivity contribution >= 4 is 17.9 Å². The third kappa shape index (κ3) is 6.86. The second-order valence-corrected chi connectivity index (χ2v) is 6.04. The summed E-state index contributed by atoms with van der Waals surface area (Å²) < 4.78 is 0. The van der Waals surface area contributed by atoms with Crippen LogP contribution >= 0.6 is 11.6 Å². The largest absolute Gasteiger partial charge is 0.395 e. The normalized spacial score (nSPS) is 11.4. The van der Waals surface area contributed by atoms with E-state index in [0.29, 0.717) is 24.3 Å². The smallest absolute Gasteiger partial charge is 0.167 e. The standard InChI is InChI=1S/C17H21ClN6O/c18-13-6-7-21-17(9-13)10-16-5-4-15(22-23-16)3-1-2-8-24(20)11-14(19)12-25/h4-7,9,11-12H,1-3,8,10,19-20H2/b14-11-. The van der Waals surface area contributed by atoms with Crippen LogP contribution in [0.5, 0.6) is 0 Å². The number of hydrogen-bond donors (Lipinski definition) is 2. The van der Waals surface area contributed by atoms with Crippen LogP contribution in [0.2, 0.25) is 5.02 Å². The zero-order chi connectivity index (χ0) is 18.1. The lowest BCUT2D eigenvalue weighted by molar-refractivity contribution is -0.105. The summed E-state index contributed by atoms with van der Waals surface area (Å²) in [6.45, 7) is 0.612. The molecule has 132 valence electrons. The third-order valence-corrected chi connectivity index (χ3v) is 3.70. The number of hydrogen-bond acceptors (Lipinski definition) is 7. The highest BCUT2D eigenvalue weighted by molar-refractivity contribution is 6.30. The van der Waals surface area contributed by atoms with Crippen molar-refractivity contribution in [2.45, 2.75) is 25.7 Å². The molecule has 0 unspecified atom stereocenters. The number of halogens is 1. The summed E-state index contributed by atoms with van der Waals surface area (Å²) in [7, 11) is 0. The number of carbonyl (C=O) groups excluding carboxylic acids is 1. The molecule has 7 nitrogen and oxygen atoms in total. The van der Waals surface area contributed by atoms with Crippen molar-refractivity contribution in [3.63, 3.8) is 0 Å². The predicted molar refractivity (Wildman–Crippen MR) is 96.3 cm³/mol. The number of hydrazine groups is 1. The molecule has 0 fully saturated rings. The molecule has 0 amide bonds. The number of nitrogens with two attached hydrogens (primary N) is 2. The van der Waals surface area contributed by atoms with Gasteiger partial charge in [-0.15, -0.1) is 0 Å². The van der Waals surface area contributed by atoms with Crippen molar-refractivity contribution in [2.24, 2.45) is 11.6 Å². The minimum absolute atomic E-state index is 0.109. The van der Waals surface area contributed by atoms with Crippen LogP contribution < -0.4 is 11.6 Å². The number of rotatable bonds is 9. The molecule has 2 heterocycles. The van der Waals surface area contributed by atoms with Gasteiger partial charge in [-0.2, -0.15) is 10.2 Å². The number of aromatic nitrogens is 3. The molecule has 0 atom stereocenters. The van der Waals surface area contributed by atoms with Crippen molar-refractivity contribution in [3.8, 4) is 0 Å². The zero-order valence-corrected chi connectivity index (χ0v) is 14.6. The van der Waals surface area contributed by atoms with Crippen LogP contribution in [0.25, 0.3) is 0 Å². The van der Waals surface area contributed by atoms with Gasteiger partial charge in [-0.25, -0.2) is 5.84 Å². The maximum absolute atomic E-state index is 10.4. The highest BCUT2D eigenvalue weighted by Crippen LogP contribution is 2.11. The summed E-state index contributed by atoms with van der Waals surface area (Å²) >= 11 is 5.95. The molecular formula is C17H21ClN6O. The van der Waals surface area contributed by atoms with Crippen LogP contribution in [0.4, 0.5) is 0 Å². The van der Waals surface area contributed by atoms with Gasteiger partial charge in [-0.1, -0.05) is 11.6 Å². The first-order chi connectivity index (χ1) is 12.1. The van der Waals surface area contributed by atoms with E-state index in [1.54, 1.807) is 12.3 Å². The number of aldehydes is 1. The van der Waals surface area contributed by atoms with Crippen molar-refractivity contribution in [1.29, 1.82) is 0 Å². The highest BCUT2D eigenvalue weighted by atomic mass is 35.5. The predicted octanol–water partition coefficient (Wildman–Crippen LogP) is 1.61. The molecule has 8 heteroatoms. The van der Waals surface area contributed by atoms with Crippen LogP contribution in [-0.2, 0) is 17.6 Å². The monoisotopic (exact) mass is 360 g/mol. The molecule has 4 N–H and O–H groups in total. The molecular weight excluding hydrogens is 340 g/mol. The second kappa shape index (κ2) is 9.71. The average Bonchev–Trinajstić information content (AvgIpc) is 2.60. The van der Waals surface area contributed by atoms with Gasteiger partial charge in [0.05, 0.1) is 17.1 Å². The topological polar surface area (TPSA) is 111 Å². The molecule has 0 saturated carbocycles. The van der Waals surface area contributed by atoms with E-state index in [9.17, 15) is 4.79 Å². The first-order valence-corrected chi connectivity index (χ1v) is 8.30. The lowest BCUT2D eigenvalue weighted by Crippen LogP contribution is -2.27. The van der Waals surface area contributed by atoms with Gasteiger partial charge in [-0.3, -0.25) is 9.78 Å². The van der Waals surface area contributed by atoms with Crippen LogP contribution in [-0.4, -0.2) is 33.0 Å². The van der Waals surface area contributed by atoms with Gasteiger partial charge >= 0.3 is 0 Å². The van der Waals surface area contributed by atoms with Gasteiger partial charge < -0.3 is 10.7 Å². The van der Waals surface area contributed by atoms with E-state index in [4.69, 9.17) is 23.2 Å². The van der Waals surface area contributed by atoms with E-state index in [0.717, 1.165) is 36.3 Å². The first kappa shape index (κ1) is 18.8. The molecule has 25 heavy (non-hydrogen) atoms. The van der Waals surface area contributed by atoms with Gasteiger partial charge in [0.25, 0.3) is 0 Å². The average molecular weight is 361 g/mol. The molecule has 0 aliphatic rings. The lowest BCUT2D eigenvalue weighted by atomic mass is 10.1. The van der Waals surface area contributed by atoms with Gasteiger partial charge in [0, 0.05) is 36.1 Å². The third-order valence-electron chi connectivity index (χ3n) is 3.47. The quantitative estimate of drug-likeness (QED) is 0.230. The molecule has 0 saturated heterocycles. The number of unbranched alkanes of at least 4 members (excludes halogenated alkanes) is 1. The van der Waals surface area contributed by atoms with Gasteiger partial charge in [0.2, 0.25) is 0 Å². The molecule has 0 aliphatic carbocycles. The van der Waals surface area contributed by atoms with Crippen LogP contribution in [0.3, 0.4) is 0 Å². The zero-order valence-electron chi connectivity index (χ0n) is 13.8. The number of pyridine rings is 1. The Balaban J connectivity index is 1.76. The molecule has 2 rings (SSSR count). The maximum atomic E-state index is 10.4. The summed E-state index contributed by atoms with van der Waals surface area (Å²) in [5.74, 6) is 5.71. The Morgan fingerprint density at radius 2 is 1.92 bits per heavy atom. The van der Waals surface area contributed by atoms with Crippen molar-refractivity contribution in [1.82, 2.24) is 20.2 Å². The molecule has 0 radical (unpaired) electrons. The van der Waals surface area contributed by atoms with E-state index >= 15 is 0 Å². The number of nitrogens with zero attached hydrogens (tertiary/aromatic N) is 4. The van der Waals surface area contributed by atoms with Crippen molar-refractivity contribution in [2.75, 3.05) is 6.54 Å². The Kier molecular flexibility index (Phi) is 7.31. The SMILES string of the molecule is N/C(C=O)=C\N(N)CCCCc1ccc(Cc2cc(Cl)ccn2)nn1. The van der Waals surface area contributed by atoms with E-state index in [-0.39, 0.29) is 5.70 Å². The molecule has 2 aromatic rings. The number of allylic oxidation sites excluding steroid dienone is 1.